The second kappa shape index (κ2) is 7.64. The van der Waals surface area contributed by atoms with Crippen LogP contribution in [0.2, 0.25) is 0 Å². The molecular formula is C15H13BrN2O6. The number of rotatable bonds is 6. The van der Waals surface area contributed by atoms with Crippen molar-refractivity contribution in [1.82, 2.24) is 5.43 Å². The number of carboxylic acid groups (broad SMARTS) is 1. The van der Waals surface area contributed by atoms with Crippen LogP contribution in [-0.4, -0.2) is 37.4 Å². The summed E-state index contributed by atoms with van der Waals surface area (Å²) in [6.45, 7) is 0. The summed E-state index contributed by atoms with van der Waals surface area (Å²) in [6, 6.07) is 6.06. The van der Waals surface area contributed by atoms with Gasteiger partial charge < -0.3 is 19.0 Å². The highest BCUT2D eigenvalue weighted by molar-refractivity contribution is 9.10. The average Bonchev–Trinajstić information content (AvgIpc) is 3.00. The van der Waals surface area contributed by atoms with Gasteiger partial charge in [-0.2, -0.15) is 5.10 Å². The van der Waals surface area contributed by atoms with Crippen LogP contribution >= 0.6 is 15.9 Å². The number of nitrogens with zero attached hydrogens (tertiary/aromatic N) is 1. The summed E-state index contributed by atoms with van der Waals surface area (Å²) in [7, 11) is 2.74. The first-order chi connectivity index (χ1) is 11.5. The number of halogens is 1. The summed E-state index contributed by atoms with van der Waals surface area (Å²) >= 11 is 3.08. The van der Waals surface area contributed by atoms with Crippen molar-refractivity contribution in [3.8, 4) is 11.5 Å². The number of ether oxygens (including phenoxy) is 2. The number of carboxylic acids is 1. The van der Waals surface area contributed by atoms with E-state index in [-0.39, 0.29) is 28.4 Å². The fourth-order valence-corrected chi connectivity index (χ4v) is 2.23. The molecule has 1 aromatic heterocycles. The highest BCUT2D eigenvalue weighted by Gasteiger charge is 2.20. The first kappa shape index (κ1) is 17.5. The Balaban J connectivity index is 2.25. The van der Waals surface area contributed by atoms with E-state index in [4.69, 9.17) is 13.9 Å². The predicted octanol–water partition coefficient (Wildman–Crippen LogP) is 2.52. The molecule has 0 spiro atoms. The van der Waals surface area contributed by atoms with Gasteiger partial charge in [0.2, 0.25) is 0 Å². The standard InChI is InChI=1S/C15H13BrN2O6/c1-22-9-4-3-8(12(15(20)21)13(9)23-2)7-17-18-14(19)10-5-6-11(16)24-10/h3-7H,1-2H3,(H,18,19)(H,20,21)/b17-7+. The van der Waals surface area contributed by atoms with Gasteiger partial charge in [-0.1, -0.05) is 0 Å². The van der Waals surface area contributed by atoms with E-state index in [0.717, 1.165) is 0 Å². The normalized spacial score (nSPS) is 10.6. The van der Waals surface area contributed by atoms with E-state index >= 15 is 0 Å². The number of carbonyl (C=O) groups is 2. The lowest BCUT2D eigenvalue weighted by atomic mass is 10.1. The number of furan rings is 1. The quantitative estimate of drug-likeness (QED) is 0.573. The van der Waals surface area contributed by atoms with Crippen LogP contribution < -0.4 is 14.9 Å². The Morgan fingerprint density at radius 1 is 1.25 bits per heavy atom. The summed E-state index contributed by atoms with van der Waals surface area (Å²) < 4.78 is 15.6. The van der Waals surface area contributed by atoms with Crippen LogP contribution in [0.3, 0.4) is 0 Å². The molecule has 0 bridgehead atoms. The molecule has 0 aliphatic rings. The largest absolute Gasteiger partial charge is 0.493 e. The number of carbonyl (C=O) groups excluding carboxylic acids is 1. The van der Waals surface area contributed by atoms with Gasteiger partial charge >= 0.3 is 11.9 Å². The van der Waals surface area contributed by atoms with Crippen LogP contribution in [0.25, 0.3) is 0 Å². The van der Waals surface area contributed by atoms with E-state index in [1.807, 2.05) is 0 Å². The fraction of sp³-hybridized carbons (Fsp3) is 0.133. The molecule has 24 heavy (non-hydrogen) atoms. The number of benzene rings is 1. The van der Waals surface area contributed by atoms with Crippen LogP contribution in [0.15, 0.2) is 38.5 Å². The molecule has 2 rings (SSSR count). The number of nitrogens with one attached hydrogen (secondary N) is 1. The Morgan fingerprint density at radius 3 is 2.54 bits per heavy atom. The topological polar surface area (TPSA) is 110 Å². The maximum Gasteiger partial charge on any atom is 0.340 e. The molecule has 9 heteroatoms. The van der Waals surface area contributed by atoms with Crippen molar-refractivity contribution in [3.05, 3.63) is 45.8 Å². The second-order valence-corrected chi connectivity index (χ2v) is 5.15. The third-order valence-electron chi connectivity index (χ3n) is 2.96. The molecule has 2 aromatic rings. The molecule has 0 aliphatic carbocycles. The molecule has 8 nitrogen and oxygen atoms in total. The Kier molecular flexibility index (Phi) is 5.59. The van der Waals surface area contributed by atoms with Gasteiger partial charge in [0.25, 0.3) is 0 Å². The maximum absolute atomic E-state index is 11.8. The van der Waals surface area contributed by atoms with E-state index in [1.54, 1.807) is 6.07 Å². The zero-order valence-electron chi connectivity index (χ0n) is 12.7. The van der Waals surface area contributed by atoms with Crippen LogP contribution in [0.5, 0.6) is 11.5 Å². The monoisotopic (exact) mass is 396 g/mol. The van der Waals surface area contributed by atoms with Crippen LogP contribution in [-0.2, 0) is 0 Å². The Labute approximate surface area is 145 Å². The van der Waals surface area contributed by atoms with Gasteiger partial charge in [-0.25, -0.2) is 10.2 Å². The van der Waals surface area contributed by atoms with E-state index in [9.17, 15) is 14.7 Å². The lowest BCUT2D eigenvalue weighted by molar-refractivity contribution is 0.0692. The summed E-state index contributed by atoms with van der Waals surface area (Å²) in [5.74, 6) is -1.39. The van der Waals surface area contributed by atoms with Crippen LogP contribution in [0.1, 0.15) is 26.5 Å². The molecular weight excluding hydrogens is 384 g/mol. The summed E-state index contributed by atoms with van der Waals surface area (Å²) in [5, 5.41) is 13.1. The van der Waals surface area contributed by atoms with Crippen molar-refractivity contribution >= 4 is 34.0 Å². The molecule has 2 N–H and O–H groups in total. The number of amides is 1. The summed E-state index contributed by atoms with van der Waals surface area (Å²) in [5.41, 5.74) is 2.35. The zero-order valence-corrected chi connectivity index (χ0v) is 14.3. The maximum atomic E-state index is 11.8. The molecule has 0 unspecified atom stereocenters. The minimum Gasteiger partial charge on any atom is -0.493 e. The highest BCUT2D eigenvalue weighted by Crippen LogP contribution is 2.32. The molecule has 1 heterocycles. The van der Waals surface area contributed by atoms with Crippen LogP contribution in [0.4, 0.5) is 0 Å². The Morgan fingerprint density at radius 2 is 2.00 bits per heavy atom. The lowest BCUT2D eigenvalue weighted by Gasteiger charge is -2.12. The fourth-order valence-electron chi connectivity index (χ4n) is 1.92. The number of hydrazone groups is 1. The van der Waals surface area contributed by atoms with E-state index < -0.39 is 11.9 Å². The summed E-state index contributed by atoms with van der Waals surface area (Å²) in [6.07, 6.45) is 1.20. The molecule has 126 valence electrons. The first-order valence-corrected chi connectivity index (χ1v) is 7.34. The van der Waals surface area contributed by atoms with Crippen molar-refractivity contribution < 1.29 is 28.6 Å². The molecule has 0 atom stereocenters. The summed E-state index contributed by atoms with van der Waals surface area (Å²) in [4.78, 5) is 23.3. The van der Waals surface area contributed by atoms with E-state index in [0.29, 0.717) is 4.67 Å². The average molecular weight is 397 g/mol. The van der Waals surface area contributed by atoms with Crippen LogP contribution in [0, 0.1) is 0 Å². The number of hydrogen-bond donors (Lipinski definition) is 2. The molecule has 0 fully saturated rings. The van der Waals surface area contributed by atoms with E-state index in [2.05, 4.69) is 26.5 Å². The lowest BCUT2D eigenvalue weighted by Crippen LogP contribution is -2.17. The molecule has 0 saturated heterocycles. The van der Waals surface area contributed by atoms with Gasteiger partial charge in [-0.15, -0.1) is 0 Å². The van der Waals surface area contributed by atoms with Gasteiger partial charge in [0.1, 0.15) is 5.56 Å². The van der Waals surface area contributed by atoms with Crippen molar-refractivity contribution in [3.63, 3.8) is 0 Å². The minimum atomic E-state index is -1.21. The molecule has 0 saturated carbocycles. The molecule has 0 aliphatic heterocycles. The van der Waals surface area contributed by atoms with Crippen molar-refractivity contribution in [2.75, 3.05) is 14.2 Å². The number of methoxy groups -OCH3 is 2. The van der Waals surface area contributed by atoms with E-state index in [1.165, 1.54) is 38.6 Å². The first-order valence-electron chi connectivity index (χ1n) is 6.55. The van der Waals surface area contributed by atoms with Gasteiger partial charge in [-0.3, -0.25) is 4.79 Å². The molecule has 0 radical (unpaired) electrons. The Hall–Kier alpha value is -2.81. The highest BCUT2D eigenvalue weighted by atomic mass is 79.9. The van der Waals surface area contributed by atoms with Crippen molar-refractivity contribution in [2.45, 2.75) is 0 Å². The third-order valence-corrected chi connectivity index (χ3v) is 3.38. The predicted molar refractivity (Wildman–Crippen MR) is 88.0 cm³/mol. The number of aromatic carboxylic acids is 1. The minimum absolute atomic E-state index is 0.0600. The van der Waals surface area contributed by atoms with Crippen molar-refractivity contribution in [1.29, 1.82) is 0 Å². The second-order valence-electron chi connectivity index (χ2n) is 4.37. The van der Waals surface area contributed by atoms with Gasteiger partial charge in [0.05, 0.1) is 20.4 Å². The Bertz CT molecular complexity index is 799. The number of hydrogen-bond acceptors (Lipinski definition) is 6. The van der Waals surface area contributed by atoms with Gasteiger partial charge in [-0.05, 0) is 40.2 Å². The van der Waals surface area contributed by atoms with Crippen molar-refractivity contribution in [2.24, 2.45) is 5.10 Å². The zero-order chi connectivity index (χ0) is 17.7. The van der Waals surface area contributed by atoms with Gasteiger partial charge in [0, 0.05) is 5.56 Å². The molecule has 1 amide bonds. The third kappa shape index (κ3) is 3.74. The SMILES string of the molecule is COc1ccc(/C=N/NC(=O)c2ccc(Br)o2)c(C(=O)O)c1OC. The van der Waals surface area contributed by atoms with Gasteiger partial charge in [0.15, 0.2) is 21.9 Å². The molecule has 1 aromatic carbocycles. The smallest absolute Gasteiger partial charge is 0.340 e.